The second kappa shape index (κ2) is 6.08. The molecule has 1 heterocycles. The maximum Gasteiger partial charge on any atom is 0.340 e. The molecule has 0 saturated carbocycles. The van der Waals surface area contributed by atoms with Gasteiger partial charge in [0.25, 0.3) is 0 Å². The molecule has 0 atom stereocenters. The van der Waals surface area contributed by atoms with Gasteiger partial charge in [-0.2, -0.15) is 0 Å². The van der Waals surface area contributed by atoms with Crippen molar-refractivity contribution < 1.29 is 14.3 Å². The van der Waals surface area contributed by atoms with E-state index in [0.29, 0.717) is 17.0 Å². The Bertz CT molecular complexity index is 597. The third kappa shape index (κ3) is 3.48. The number of nitrogen functional groups attached to an aromatic ring is 1. The molecule has 19 heavy (non-hydrogen) atoms. The molecule has 0 aliphatic rings. The number of benzene rings is 1. The Morgan fingerprint density at radius 2 is 2.21 bits per heavy atom. The van der Waals surface area contributed by atoms with Gasteiger partial charge in [0.2, 0.25) is 0 Å². The Labute approximate surface area is 123 Å². The number of anilines is 1. The fourth-order valence-electron chi connectivity index (χ4n) is 1.48. The minimum atomic E-state index is -0.457. The molecule has 0 aliphatic heterocycles. The first-order valence-corrected chi connectivity index (χ1v) is 7.11. The molecule has 0 unspecified atom stereocenters. The van der Waals surface area contributed by atoms with Gasteiger partial charge in [0.1, 0.15) is 12.4 Å². The average molecular weight is 342 g/mol. The van der Waals surface area contributed by atoms with Crippen LogP contribution < -0.4 is 10.5 Å². The molecule has 6 heteroatoms. The van der Waals surface area contributed by atoms with Crippen LogP contribution in [0.25, 0.3) is 0 Å². The van der Waals surface area contributed by atoms with E-state index in [9.17, 15) is 4.79 Å². The molecule has 4 nitrogen and oxygen atoms in total. The Morgan fingerprint density at radius 1 is 1.42 bits per heavy atom. The molecular weight excluding hydrogens is 330 g/mol. The monoisotopic (exact) mass is 341 g/mol. The molecule has 0 saturated heterocycles. The third-order valence-corrected chi connectivity index (χ3v) is 4.12. The van der Waals surface area contributed by atoms with Gasteiger partial charge in [-0.1, -0.05) is 0 Å². The predicted molar refractivity (Wildman–Crippen MR) is 78.5 cm³/mol. The van der Waals surface area contributed by atoms with Crippen LogP contribution in [-0.2, 0) is 11.3 Å². The van der Waals surface area contributed by atoms with E-state index >= 15 is 0 Å². The lowest BCUT2D eigenvalue weighted by Gasteiger charge is -2.08. The fourth-order valence-corrected chi connectivity index (χ4v) is 2.85. The Morgan fingerprint density at radius 3 is 2.84 bits per heavy atom. The van der Waals surface area contributed by atoms with Crippen molar-refractivity contribution in [3.8, 4) is 5.75 Å². The first-order chi connectivity index (χ1) is 9.10. The van der Waals surface area contributed by atoms with Gasteiger partial charge in [-0.05, 0) is 40.2 Å². The van der Waals surface area contributed by atoms with Crippen LogP contribution in [0, 0.1) is 0 Å². The summed E-state index contributed by atoms with van der Waals surface area (Å²) in [5.41, 5.74) is 6.44. The number of carbonyl (C=O) groups is 1. The van der Waals surface area contributed by atoms with Crippen LogP contribution in [0.4, 0.5) is 5.69 Å². The number of ether oxygens (including phenoxy) is 2. The van der Waals surface area contributed by atoms with Gasteiger partial charge in [0.05, 0.1) is 12.7 Å². The van der Waals surface area contributed by atoms with Gasteiger partial charge >= 0.3 is 5.97 Å². The molecule has 2 N–H and O–H groups in total. The van der Waals surface area contributed by atoms with E-state index in [0.717, 1.165) is 9.35 Å². The molecule has 0 spiro atoms. The number of methoxy groups -OCH3 is 1. The van der Waals surface area contributed by atoms with Gasteiger partial charge in [0, 0.05) is 20.4 Å². The highest BCUT2D eigenvalue weighted by Gasteiger charge is 2.13. The molecular formula is C13H12BrNO3S. The van der Waals surface area contributed by atoms with Gasteiger partial charge < -0.3 is 15.2 Å². The zero-order chi connectivity index (χ0) is 13.8. The second-order valence-corrected chi connectivity index (χ2v) is 5.67. The maximum absolute atomic E-state index is 11.9. The van der Waals surface area contributed by atoms with Gasteiger partial charge in [0.15, 0.2) is 0 Å². The topological polar surface area (TPSA) is 61.5 Å². The summed E-state index contributed by atoms with van der Waals surface area (Å²) in [6.45, 7) is 0.228. The first-order valence-electron chi connectivity index (χ1n) is 5.43. The van der Waals surface area contributed by atoms with E-state index in [4.69, 9.17) is 15.2 Å². The van der Waals surface area contributed by atoms with Gasteiger partial charge in [-0.3, -0.25) is 0 Å². The molecule has 2 aromatic rings. The van der Waals surface area contributed by atoms with E-state index in [1.165, 1.54) is 18.4 Å². The third-order valence-electron chi connectivity index (χ3n) is 2.45. The molecule has 0 radical (unpaired) electrons. The number of hydrogen-bond donors (Lipinski definition) is 1. The normalized spacial score (nSPS) is 10.2. The van der Waals surface area contributed by atoms with E-state index in [1.54, 1.807) is 18.2 Å². The molecule has 100 valence electrons. The zero-order valence-electron chi connectivity index (χ0n) is 10.2. The first kappa shape index (κ1) is 13.9. The smallest absolute Gasteiger partial charge is 0.340 e. The second-order valence-electron chi connectivity index (χ2n) is 3.76. The number of nitrogens with two attached hydrogens (primary N) is 1. The number of halogens is 1. The van der Waals surface area contributed by atoms with Crippen LogP contribution in [0.15, 0.2) is 34.1 Å². The molecule has 0 aliphatic carbocycles. The lowest BCUT2D eigenvalue weighted by atomic mass is 10.2. The summed E-state index contributed by atoms with van der Waals surface area (Å²) in [4.78, 5) is 12.9. The highest BCUT2D eigenvalue weighted by atomic mass is 79.9. The summed E-state index contributed by atoms with van der Waals surface area (Å²) in [7, 11) is 1.53. The Kier molecular flexibility index (Phi) is 4.44. The van der Waals surface area contributed by atoms with Crippen molar-refractivity contribution in [2.75, 3.05) is 12.8 Å². The molecule has 1 aromatic heterocycles. The van der Waals surface area contributed by atoms with Crippen molar-refractivity contribution in [2.45, 2.75) is 6.61 Å². The Hall–Kier alpha value is -1.53. The minimum Gasteiger partial charge on any atom is -0.497 e. The summed E-state index contributed by atoms with van der Waals surface area (Å²) in [6, 6.07) is 6.80. The van der Waals surface area contributed by atoms with Crippen LogP contribution in [0.2, 0.25) is 0 Å². The zero-order valence-corrected chi connectivity index (χ0v) is 12.6. The molecule has 1 aromatic carbocycles. The maximum atomic E-state index is 11.9. The molecule has 0 amide bonds. The summed E-state index contributed by atoms with van der Waals surface area (Å²) in [5.74, 6) is 0.112. The number of hydrogen-bond acceptors (Lipinski definition) is 5. The van der Waals surface area contributed by atoms with Crippen LogP contribution in [0.3, 0.4) is 0 Å². The van der Waals surface area contributed by atoms with Gasteiger partial charge in [-0.25, -0.2) is 4.79 Å². The van der Waals surface area contributed by atoms with E-state index in [2.05, 4.69) is 15.9 Å². The van der Waals surface area contributed by atoms with Crippen molar-refractivity contribution in [3.05, 3.63) is 44.6 Å². The fraction of sp³-hybridized carbons (Fsp3) is 0.154. The van der Waals surface area contributed by atoms with Crippen molar-refractivity contribution in [1.82, 2.24) is 0 Å². The van der Waals surface area contributed by atoms with Crippen LogP contribution in [0.1, 0.15) is 15.2 Å². The van der Waals surface area contributed by atoms with Crippen molar-refractivity contribution in [2.24, 2.45) is 0 Å². The van der Waals surface area contributed by atoms with Gasteiger partial charge in [-0.15, -0.1) is 11.3 Å². The number of esters is 1. The summed E-state index contributed by atoms with van der Waals surface area (Å²) >= 11 is 4.87. The number of carbonyl (C=O) groups excluding carboxylic acids is 1. The Balaban J connectivity index is 2.07. The minimum absolute atomic E-state index is 0.228. The van der Waals surface area contributed by atoms with E-state index in [-0.39, 0.29) is 6.61 Å². The standard InChI is InChI=1S/C13H12BrNO3S/c1-17-9-2-3-12(15)11(5-9)13(16)18-6-10-4-8(14)7-19-10/h2-5,7H,6,15H2,1H3. The quantitative estimate of drug-likeness (QED) is 0.683. The van der Waals surface area contributed by atoms with Crippen LogP contribution in [-0.4, -0.2) is 13.1 Å². The number of rotatable bonds is 4. The largest absolute Gasteiger partial charge is 0.497 e. The van der Waals surface area contributed by atoms with Crippen molar-refractivity contribution in [3.63, 3.8) is 0 Å². The summed E-state index contributed by atoms with van der Waals surface area (Å²) < 4.78 is 11.3. The molecule has 0 fully saturated rings. The lowest BCUT2D eigenvalue weighted by Crippen LogP contribution is -2.08. The van der Waals surface area contributed by atoms with Crippen molar-refractivity contribution >= 4 is 38.9 Å². The predicted octanol–water partition coefficient (Wildman–Crippen LogP) is 3.46. The molecule has 0 bridgehead atoms. The van der Waals surface area contributed by atoms with Crippen LogP contribution >= 0.6 is 27.3 Å². The average Bonchev–Trinajstić information content (AvgIpc) is 2.82. The number of thiophene rings is 1. The van der Waals surface area contributed by atoms with E-state index < -0.39 is 5.97 Å². The summed E-state index contributed by atoms with van der Waals surface area (Å²) in [5, 5.41) is 1.93. The summed E-state index contributed by atoms with van der Waals surface area (Å²) in [6.07, 6.45) is 0. The van der Waals surface area contributed by atoms with Crippen LogP contribution in [0.5, 0.6) is 5.75 Å². The SMILES string of the molecule is COc1ccc(N)c(C(=O)OCc2cc(Br)cs2)c1. The van der Waals surface area contributed by atoms with E-state index in [1.807, 2.05) is 11.4 Å². The van der Waals surface area contributed by atoms with Crippen molar-refractivity contribution in [1.29, 1.82) is 0 Å². The highest BCUT2D eigenvalue weighted by Crippen LogP contribution is 2.23. The lowest BCUT2D eigenvalue weighted by molar-refractivity contribution is 0.0477. The molecule has 2 rings (SSSR count). The highest BCUT2D eigenvalue weighted by molar-refractivity contribution is 9.10.